The SMILES string of the molecule is O=C(N[C@@H]1c2ccccc2-c2ccc([N+](=O)[O-])cc21)C(F)(F)F. The van der Waals surface area contributed by atoms with Gasteiger partial charge >= 0.3 is 12.1 Å². The number of hydrogen-bond acceptors (Lipinski definition) is 3. The van der Waals surface area contributed by atoms with Crippen molar-refractivity contribution in [2.75, 3.05) is 0 Å². The van der Waals surface area contributed by atoms with Crippen molar-refractivity contribution >= 4 is 11.6 Å². The van der Waals surface area contributed by atoms with Crippen molar-refractivity contribution in [3.05, 3.63) is 63.7 Å². The Hall–Kier alpha value is -2.90. The van der Waals surface area contributed by atoms with Crippen LogP contribution >= 0.6 is 0 Å². The van der Waals surface area contributed by atoms with Gasteiger partial charge in [-0.05, 0) is 28.3 Å². The lowest BCUT2D eigenvalue weighted by atomic mass is 10.0. The Balaban J connectivity index is 2.11. The maximum Gasteiger partial charge on any atom is 0.471 e. The van der Waals surface area contributed by atoms with Crippen LogP contribution in [0.4, 0.5) is 18.9 Å². The largest absolute Gasteiger partial charge is 0.471 e. The molecule has 1 aliphatic carbocycles. The van der Waals surface area contributed by atoms with E-state index in [0.29, 0.717) is 16.7 Å². The Kier molecular flexibility index (Phi) is 3.32. The fourth-order valence-electron chi connectivity index (χ4n) is 2.68. The summed E-state index contributed by atoms with van der Waals surface area (Å²) >= 11 is 0. The van der Waals surface area contributed by atoms with Crippen LogP contribution in [0.3, 0.4) is 0 Å². The number of fused-ring (bicyclic) bond motifs is 3. The number of nitro benzene ring substituents is 1. The molecule has 0 spiro atoms. The Labute approximate surface area is 127 Å². The van der Waals surface area contributed by atoms with Gasteiger partial charge in [-0.3, -0.25) is 14.9 Å². The fraction of sp³-hybridized carbons (Fsp3) is 0.133. The van der Waals surface area contributed by atoms with E-state index in [1.165, 1.54) is 18.2 Å². The number of nitro groups is 1. The number of alkyl halides is 3. The van der Waals surface area contributed by atoms with Crippen LogP contribution in [0.5, 0.6) is 0 Å². The zero-order chi connectivity index (χ0) is 16.8. The molecule has 23 heavy (non-hydrogen) atoms. The molecule has 8 heteroatoms. The molecule has 3 rings (SSSR count). The summed E-state index contributed by atoms with van der Waals surface area (Å²) in [5.41, 5.74) is 1.71. The first-order valence-electron chi connectivity index (χ1n) is 6.54. The van der Waals surface area contributed by atoms with E-state index in [1.807, 2.05) is 5.32 Å². The molecule has 0 saturated heterocycles. The van der Waals surface area contributed by atoms with Gasteiger partial charge in [0.05, 0.1) is 11.0 Å². The van der Waals surface area contributed by atoms with Crippen LogP contribution in [0, 0.1) is 10.1 Å². The summed E-state index contributed by atoms with van der Waals surface area (Å²) in [5.74, 6) is -2.09. The zero-order valence-corrected chi connectivity index (χ0v) is 11.4. The van der Waals surface area contributed by atoms with Crippen molar-refractivity contribution < 1.29 is 22.9 Å². The molecule has 0 aliphatic heterocycles. The highest BCUT2D eigenvalue weighted by Crippen LogP contribution is 2.44. The van der Waals surface area contributed by atoms with E-state index < -0.39 is 23.0 Å². The highest BCUT2D eigenvalue weighted by atomic mass is 19.4. The summed E-state index contributed by atoms with van der Waals surface area (Å²) in [6.07, 6.45) is -5.03. The van der Waals surface area contributed by atoms with Gasteiger partial charge in [0, 0.05) is 12.1 Å². The van der Waals surface area contributed by atoms with E-state index in [2.05, 4.69) is 0 Å². The molecule has 2 aromatic carbocycles. The van der Waals surface area contributed by atoms with Crippen LogP contribution in [0.25, 0.3) is 11.1 Å². The normalized spacial score (nSPS) is 15.7. The van der Waals surface area contributed by atoms with Crippen LogP contribution in [0.1, 0.15) is 17.2 Å². The number of benzene rings is 2. The summed E-state index contributed by atoms with van der Waals surface area (Å²) in [5, 5.41) is 12.8. The lowest BCUT2D eigenvalue weighted by molar-refractivity contribution is -0.384. The van der Waals surface area contributed by atoms with Crippen molar-refractivity contribution in [1.29, 1.82) is 0 Å². The van der Waals surface area contributed by atoms with E-state index in [1.54, 1.807) is 24.3 Å². The second kappa shape index (κ2) is 5.08. The lowest BCUT2D eigenvalue weighted by Crippen LogP contribution is -2.38. The van der Waals surface area contributed by atoms with E-state index in [4.69, 9.17) is 0 Å². The number of nitrogens with zero attached hydrogens (tertiary/aromatic N) is 1. The number of non-ortho nitro benzene ring substituents is 1. The number of rotatable bonds is 2. The monoisotopic (exact) mass is 322 g/mol. The third kappa shape index (κ3) is 2.52. The number of nitrogens with one attached hydrogen (secondary N) is 1. The maximum atomic E-state index is 12.5. The van der Waals surface area contributed by atoms with Crippen molar-refractivity contribution in [1.82, 2.24) is 5.32 Å². The molecule has 0 saturated carbocycles. The summed E-state index contributed by atoms with van der Waals surface area (Å²) in [7, 11) is 0. The molecule has 118 valence electrons. The van der Waals surface area contributed by atoms with Gasteiger partial charge in [-0.2, -0.15) is 13.2 Å². The van der Waals surface area contributed by atoms with E-state index in [9.17, 15) is 28.1 Å². The van der Waals surface area contributed by atoms with Gasteiger partial charge < -0.3 is 5.32 Å². The number of amides is 1. The molecule has 1 N–H and O–H groups in total. The number of carbonyl (C=O) groups is 1. The average molecular weight is 322 g/mol. The Morgan fingerprint density at radius 2 is 1.74 bits per heavy atom. The molecule has 2 aromatic rings. The van der Waals surface area contributed by atoms with Crippen molar-refractivity contribution in [2.45, 2.75) is 12.2 Å². The summed E-state index contributed by atoms with van der Waals surface area (Å²) < 4.78 is 37.6. The third-order valence-corrected chi connectivity index (χ3v) is 3.65. The predicted octanol–water partition coefficient (Wildman–Crippen LogP) is 3.34. The molecule has 1 amide bonds. The smallest absolute Gasteiger partial charge is 0.337 e. The van der Waals surface area contributed by atoms with Crippen LogP contribution in [0.15, 0.2) is 42.5 Å². The summed E-state index contributed by atoms with van der Waals surface area (Å²) in [4.78, 5) is 21.6. The van der Waals surface area contributed by atoms with Gasteiger partial charge in [0.2, 0.25) is 0 Å². The van der Waals surface area contributed by atoms with Crippen LogP contribution in [-0.4, -0.2) is 17.0 Å². The summed E-state index contributed by atoms with van der Waals surface area (Å²) in [6.45, 7) is 0. The number of hydrogen-bond donors (Lipinski definition) is 1. The average Bonchev–Trinajstić information content (AvgIpc) is 2.80. The van der Waals surface area contributed by atoms with E-state index in [-0.39, 0.29) is 11.3 Å². The first-order chi connectivity index (χ1) is 10.8. The third-order valence-electron chi connectivity index (χ3n) is 3.65. The lowest BCUT2D eigenvalue weighted by Gasteiger charge is -2.16. The second-order valence-electron chi connectivity index (χ2n) is 5.02. The quantitative estimate of drug-likeness (QED) is 0.681. The first kappa shape index (κ1) is 15.0. The van der Waals surface area contributed by atoms with E-state index >= 15 is 0 Å². The van der Waals surface area contributed by atoms with Crippen molar-refractivity contribution in [3.8, 4) is 11.1 Å². The van der Waals surface area contributed by atoms with Crippen LogP contribution in [0.2, 0.25) is 0 Å². The Morgan fingerprint density at radius 1 is 1.09 bits per heavy atom. The Morgan fingerprint density at radius 3 is 2.39 bits per heavy atom. The standard InChI is InChI=1S/C15H9F3N2O3/c16-15(17,18)14(21)19-13-11-4-2-1-3-9(11)10-6-5-8(20(22)23)7-12(10)13/h1-7,13H,(H,19,21)/t13-/m1/s1. The van der Waals surface area contributed by atoms with Crippen molar-refractivity contribution in [2.24, 2.45) is 0 Å². The maximum absolute atomic E-state index is 12.5. The minimum Gasteiger partial charge on any atom is -0.337 e. The highest BCUT2D eigenvalue weighted by molar-refractivity contribution is 5.86. The van der Waals surface area contributed by atoms with Gasteiger partial charge in [-0.25, -0.2) is 0 Å². The van der Waals surface area contributed by atoms with Crippen LogP contribution in [-0.2, 0) is 4.79 Å². The van der Waals surface area contributed by atoms with Gasteiger partial charge in [0.1, 0.15) is 0 Å². The van der Waals surface area contributed by atoms with Gasteiger partial charge in [-0.1, -0.05) is 24.3 Å². The molecular formula is C15H9F3N2O3. The Bertz CT molecular complexity index is 818. The molecule has 0 aromatic heterocycles. The molecule has 0 radical (unpaired) electrons. The number of halogens is 3. The molecule has 0 unspecified atom stereocenters. The summed E-state index contributed by atoms with van der Waals surface area (Å²) in [6, 6.07) is 9.49. The molecule has 0 heterocycles. The highest BCUT2D eigenvalue weighted by Gasteiger charge is 2.42. The van der Waals surface area contributed by atoms with E-state index in [0.717, 1.165) is 0 Å². The predicted molar refractivity (Wildman–Crippen MR) is 74.6 cm³/mol. The molecular weight excluding hydrogens is 313 g/mol. The molecule has 0 fully saturated rings. The molecule has 5 nitrogen and oxygen atoms in total. The topological polar surface area (TPSA) is 72.2 Å². The second-order valence-corrected chi connectivity index (χ2v) is 5.02. The molecule has 1 aliphatic rings. The van der Waals surface area contributed by atoms with Gasteiger partial charge in [0.15, 0.2) is 0 Å². The van der Waals surface area contributed by atoms with Crippen LogP contribution < -0.4 is 5.32 Å². The molecule has 0 bridgehead atoms. The molecule has 1 atom stereocenters. The number of carbonyl (C=O) groups excluding carboxylic acids is 1. The van der Waals surface area contributed by atoms with Gasteiger partial charge in [0.25, 0.3) is 5.69 Å². The first-order valence-corrected chi connectivity index (χ1v) is 6.54. The minimum absolute atomic E-state index is 0.247. The minimum atomic E-state index is -5.03. The zero-order valence-electron chi connectivity index (χ0n) is 11.4. The fourth-order valence-corrected chi connectivity index (χ4v) is 2.68. The van der Waals surface area contributed by atoms with Gasteiger partial charge in [-0.15, -0.1) is 0 Å². The van der Waals surface area contributed by atoms with Crippen molar-refractivity contribution in [3.63, 3.8) is 0 Å².